The molecule has 0 saturated carbocycles. The monoisotopic (exact) mass is 167 g/mol. The smallest absolute Gasteiger partial charge is 0.139 e. The molecule has 0 bridgehead atoms. The number of hydrogen-bond acceptors (Lipinski definition) is 2. The van der Waals surface area contributed by atoms with Crippen LogP contribution in [0.15, 0.2) is 10.6 Å². The zero-order valence-corrected chi connectivity index (χ0v) is 8.51. The summed E-state index contributed by atoms with van der Waals surface area (Å²) >= 11 is 0. The summed E-state index contributed by atoms with van der Waals surface area (Å²) < 4.78 is 5.20. The largest absolute Gasteiger partial charge is 0.361 e. The van der Waals surface area contributed by atoms with Gasteiger partial charge in [-0.2, -0.15) is 0 Å². The molecular formula is C10H17NO. The molecule has 0 aliphatic heterocycles. The Bertz CT molecular complexity index is 255. The molecule has 12 heavy (non-hydrogen) atoms. The van der Waals surface area contributed by atoms with E-state index in [0.29, 0.717) is 5.92 Å². The summed E-state index contributed by atoms with van der Waals surface area (Å²) in [5, 5.41) is 4.03. The second-order valence-corrected chi connectivity index (χ2v) is 4.52. The Morgan fingerprint density at radius 2 is 1.92 bits per heavy atom. The first-order valence-electron chi connectivity index (χ1n) is 4.38. The molecule has 1 aromatic heterocycles. The minimum Gasteiger partial charge on any atom is -0.361 e. The number of aromatic nitrogens is 1. The summed E-state index contributed by atoms with van der Waals surface area (Å²) in [6, 6.07) is 2.05. The fourth-order valence-corrected chi connectivity index (χ4v) is 0.915. The lowest BCUT2D eigenvalue weighted by Gasteiger charge is -2.12. The van der Waals surface area contributed by atoms with Crippen molar-refractivity contribution in [3.63, 3.8) is 0 Å². The van der Waals surface area contributed by atoms with Crippen molar-refractivity contribution in [2.45, 2.75) is 46.0 Å². The summed E-state index contributed by atoms with van der Waals surface area (Å²) in [4.78, 5) is 0. The molecule has 2 heteroatoms. The summed E-state index contributed by atoms with van der Waals surface area (Å²) in [7, 11) is 0. The highest BCUT2D eigenvalue weighted by molar-refractivity contribution is 5.15. The summed E-state index contributed by atoms with van der Waals surface area (Å²) in [6.07, 6.45) is 0. The molecule has 2 nitrogen and oxygen atoms in total. The van der Waals surface area contributed by atoms with Crippen molar-refractivity contribution in [2.24, 2.45) is 0 Å². The Balaban J connectivity index is 2.92. The van der Waals surface area contributed by atoms with E-state index in [2.05, 4.69) is 39.8 Å². The first-order valence-corrected chi connectivity index (χ1v) is 4.38. The van der Waals surface area contributed by atoms with E-state index >= 15 is 0 Å². The van der Waals surface area contributed by atoms with Gasteiger partial charge in [-0.1, -0.05) is 39.8 Å². The SMILES string of the molecule is CC(C)c1cc(C(C)(C)C)no1. The van der Waals surface area contributed by atoms with E-state index in [1.807, 2.05) is 6.07 Å². The van der Waals surface area contributed by atoms with Crippen LogP contribution in [0.4, 0.5) is 0 Å². The van der Waals surface area contributed by atoms with E-state index < -0.39 is 0 Å². The molecule has 0 saturated heterocycles. The van der Waals surface area contributed by atoms with Gasteiger partial charge in [0, 0.05) is 17.4 Å². The van der Waals surface area contributed by atoms with E-state index in [1.165, 1.54) is 0 Å². The fourth-order valence-electron chi connectivity index (χ4n) is 0.915. The molecule has 1 rings (SSSR count). The number of nitrogens with zero attached hydrogens (tertiary/aromatic N) is 1. The lowest BCUT2D eigenvalue weighted by Crippen LogP contribution is -2.10. The number of hydrogen-bond donors (Lipinski definition) is 0. The predicted octanol–water partition coefficient (Wildman–Crippen LogP) is 3.10. The average molecular weight is 167 g/mol. The van der Waals surface area contributed by atoms with Crippen molar-refractivity contribution < 1.29 is 4.52 Å². The summed E-state index contributed by atoms with van der Waals surface area (Å²) in [5.41, 5.74) is 1.13. The van der Waals surface area contributed by atoms with Gasteiger partial charge in [-0.15, -0.1) is 0 Å². The van der Waals surface area contributed by atoms with Crippen LogP contribution >= 0.6 is 0 Å². The van der Waals surface area contributed by atoms with Gasteiger partial charge >= 0.3 is 0 Å². The highest BCUT2D eigenvalue weighted by Gasteiger charge is 2.19. The third-order valence-electron chi connectivity index (χ3n) is 1.87. The van der Waals surface area contributed by atoms with Crippen LogP contribution in [-0.2, 0) is 5.41 Å². The maximum absolute atomic E-state index is 5.20. The molecular weight excluding hydrogens is 150 g/mol. The third-order valence-corrected chi connectivity index (χ3v) is 1.87. The Hall–Kier alpha value is -0.790. The van der Waals surface area contributed by atoms with Crippen LogP contribution in [-0.4, -0.2) is 5.16 Å². The van der Waals surface area contributed by atoms with Crippen molar-refractivity contribution in [3.8, 4) is 0 Å². The molecule has 0 atom stereocenters. The van der Waals surface area contributed by atoms with Crippen LogP contribution in [0.5, 0.6) is 0 Å². The molecule has 0 unspecified atom stereocenters. The Kier molecular flexibility index (Phi) is 2.27. The molecule has 0 aromatic carbocycles. The lowest BCUT2D eigenvalue weighted by molar-refractivity contribution is 0.354. The summed E-state index contributed by atoms with van der Waals surface area (Å²) in [6.45, 7) is 10.6. The third kappa shape index (κ3) is 1.87. The second-order valence-electron chi connectivity index (χ2n) is 4.52. The van der Waals surface area contributed by atoms with Crippen molar-refractivity contribution in [1.29, 1.82) is 0 Å². The van der Waals surface area contributed by atoms with Gasteiger partial charge in [0.05, 0.1) is 5.69 Å². The average Bonchev–Trinajstić information content (AvgIpc) is 2.30. The maximum Gasteiger partial charge on any atom is 0.139 e. The molecule has 0 radical (unpaired) electrons. The molecule has 1 aromatic rings. The van der Waals surface area contributed by atoms with Crippen LogP contribution in [0, 0.1) is 0 Å². The maximum atomic E-state index is 5.20. The Morgan fingerprint density at radius 3 is 2.17 bits per heavy atom. The Labute approximate surface area is 74.0 Å². The van der Waals surface area contributed by atoms with Crippen LogP contribution < -0.4 is 0 Å². The first-order chi connectivity index (χ1) is 5.41. The van der Waals surface area contributed by atoms with Gasteiger partial charge in [-0.25, -0.2) is 0 Å². The van der Waals surface area contributed by atoms with Crippen molar-refractivity contribution in [1.82, 2.24) is 5.16 Å². The Morgan fingerprint density at radius 1 is 1.33 bits per heavy atom. The highest BCUT2D eigenvalue weighted by Crippen LogP contribution is 2.24. The van der Waals surface area contributed by atoms with Gasteiger partial charge in [-0.3, -0.25) is 0 Å². The molecule has 0 aliphatic carbocycles. The topological polar surface area (TPSA) is 26.0 Å². The van der Waals surface area contributed by atoms with Crippen molar-refractivity contribution in [3.05, 3.63) is 17.5 Å². The van der Waals surface area contributed by atoms with Crippen LogP contribution in [0.2, 0.25) is 0 Å². The van der Waals surface area contributed by atoms with E-state index in [9.17, 15) is 0 Å². The second kappa shape index (κ2) is 2.92. The fraction of sp³-hybridized carbons (Fsp3) is 0.700. The van der Waals surface area contributed by atoms with Gasteiger partial charge in [0.15, 0.2) is 0 Å². The molecule has 0 N–H and O–H groups in total. The highest BCUT2D eigenvalue weighted by atomic mass is 16.5. The minimum absolute atomic E-state index is 0.0939. The predicted molar refractivity (Wildman–Crippen MR) is 49.3 cm³/mol. The van der Waals surface area contributed by atoms with E-state index in [4.69, 9.17) is 4.52 Å². The van der Waals surface area contributed by atoms with Gasteiger partial charge in [0.1, 0.15) is 5.76 Å². The first kappa shape index (κ1) is 9.30. The van der Waals surface area contributed by atoms with Crippen molar-refractivity contribution >= 4 is 0 Å². The van der Waals surface area contributed by atoms with Gasteiger partial charge in [-0.05, 0) is 0 Å². The normalized spacial score (nSPS) is 12.5. The van der Waals surface area contributed by atoms with Gasteiger partial charge in [0.25, 0.3) is 0 Å². The van der Waals surface area contributed by atoms with Crippen LogP contribution in [0.25, 0.3) is 0 Å². The molecule has 0 amide bonds. The standard InChI is InChI=1S/C10H17NO/c1-7(2)8-6-9(11-12-8)10(3,4)5/h6-7H,1-5H3. The quantitative estimate of drug-likeness (QED) is 0.642. The molecule has 68 valence electrons. The van der Waals surface area contributed by atoms with E-state index in [1.54, 1.807) is 0 Å². The zero-order valence-electron chi connectivity index (χ0n) is 8.51. The molecule has 1 heterocycles. The molecule has 0 aliphatic rings. The van der Waals surface area contributed by atoms with Gasteiger partial charge < -0.3 is 4.52 Å². The minimum atomic E-state index is 0.0939. The summed E-state index contributed by atoms with van der Waals surface area (Å²) in [5.74, 6) is 1.40. The van der Waals surface area contributed by atoms with Crippen LogP contribution in [0.1, 0.15) is 52.0 Å². The van der Waals surface area contributed by atoms with E-state index in [-0.39, 0.29) is 5.41 Å². The van der Waals surface area contributed by atoms with Gasteiger partial charge in [0.2, 0.25) is 0 Å². The molecule has 0 spiro atoms. The zero-order chi connectivity index (χ0) is 9.35. The number of rotatable bonds is 1. The van der Waals surface area contributed by atoms with E-state index in [0.717, 1.165) is 11.5 Å². The van der Waals surface area contributed by atoms with Crippen LogP contribution in [0.3, 0.4) is 0 Å². The molecule has 0 fully saturated rings. The van der Waals surface area contributed by atoms with Crippen molar-refractivity contribution in [2.75, 3.05) is 0 Å². The lowest BCUT2D eigenvalue weighted by atomic mass is 9.92.